The number of nitrogens with two attached hydrogens (primary N) is 1. The molecule has 106 valence electrons. The number of anilines is 1. The molecule has 0 saturated carbocycles. The van der Waals surface area contributed by atoms with E-state index in [2.05, 4.69) is 21.1 Å². The summed E-state index contributed by atoms with van der Waals surface area (Å²) in [6, 6.07) is 12.0. The fourth-order valence-corrected chi connectivity index (χ4v) is 2.68. The van der Waals surface area contributed by atoms with Crippen molar-refractivity contribution in [2.45, 2.75) is 6.92 Å². The first-order valence-corrected chi connectivity index (χ1v) is 7.14. The molecular weight excluding hydrogens is 335 g/mol. The number of aromatic nitrogens is 1. The van der Waals surface area contributed by atoms with Crippen LogP contribution in [0.3, 0.4) is 0 Å². The Kier molecular flexibility index (Phi) is 3.51. The zero-order valence-corrected chi connectivity index (χ0v) is 12.8. The number of nitrogen functional groups attached to an aromatic ring is 1. The van der Waals surface area contributed by atoms with Gasteiger partial charge in [0.25, 0.3) is 0 Å². The molecule has 0 aliphatic rings. The fourth-order valence-electron chi connectivity index (χ4n) is 2.23. The second kappa shape index (κ2) is 5.33. The van der Waals surface area contributed by atoms with Gasteiger partial charge in [0.1, 0.15) is 5.82 Å². The second-order valence-corrected chi connectivity index (χ2v) is 5.51. The van der Waals surface area contributed by atoms with Gasteiger partial charge in [0.2, 0.25) is 0 Å². The molecule has 0 spiro atoms. The maximum absolute atomic E-state index is 13.5. The Morgan fingerprint density at radius 3 is 2.71 bits per heavy atom. The summed E-state index contributed by atoms with van der Waals surface area (Å²) >= 11 is 3.54. The highest BCUT2D eigenvalue weighted by molar-refractivity contribution is 9.10. The van der Waals surface area contributed by atoms with Crippen LogP contribution in [0.4, 0.5) is 10.2 Å². The fraction of sp³-hybridized carbons (Fsp3) is 0.0625. The Balaban J connectivity index is 2.24. The summed E-state index contributed by atoms with van der Waals surface area (Å²) in [5, 5.41) is 3.83. The average molecular weight is 347 g/mol. The van der Waals surface area contributed by atoms with E-state index in [1.807, 2.05) is 25.1 Å². The molecule has 3 rings (SSSR count). The lowest BCUT2D eigenvalue weighted by Crippen LogP contribution is -1.90. The summed E-state index contributed by atoms with van der Waals surface area (Å²) in [6.45, 7) is 1.98. The molecule has 3 nitrogen and oxygen atoms in total. The van der Waals surface area contributed by atoms with Crippen LogP contribution in [0.2, 0.25) is 0 Å². The van der Waals surface area contributed by atoms with Gasteiger partial charge in [-0.05, 0) is 52.2 Å². The van der Waals surface area contributed by atoms with E-state index in [4.69, 9.17) is 10.3 Å². The summed E-state index contributed by atoms with van der Waals surface area (Å²) < 4.78 is 19.8. The zero-order valence-electron chi connectivity index (χ0n) is 11.2. The topological polar surface area (TPSA) is 52.0 Å². The third-order valence-corrected chi connectivity index (χ3v) is 4.32. The number of hydrogen-bond acceptors (Lipinski definition) is 3. The van der Waals surface area contributed by atoms with Crippen LogP contribution in [0.15, 0.2) is 51.5 Å². The van der Waals surface area contributed by atoms with Crippen molar-refractivity contribution in [3.05, 3.63) is 58.3 Å². The third kappa shape index (κ3) is 2.45. The van der Waals surface area contributed by atoms with Gasteiger partial charge in [0.15, 0.2) is 11.6 Å². The summed E-state index contributed by atoms with van der Waals surface area (Å²) in [5.74, 6) is 0.431. The standard InChI is InChI=1S/C16H12BrFN2O/c1-9-4-2-7-12(14(9)17)15-13(16(19)20-21-15)10-5-3-6-11(18)8-10/h2-8H,1H3,(H2,19,20). The van der Waals surface area contributed by atoms with Gasteiger partial charge in [-0.1, -0.05) is 29.4 Å². The van der Waals surface area contributed by atoms with Crippen LogP contribution in [-0.2, 0) is 0 Å². The largest absolute Gasteiger partial charge is 0.380 e. The van der Waals surface area contributed by atoms with Crippen LogP contribution in [0.1, 0.15) is 5.56 Å². The zero-order chi connectivity index (χ0) is 15.0. The van der Waals surface area contributed by atoms with Crippen molar-refractivity contribution in [3.8, 4) is 22.5 Å². The molecule has 0 radical (unpaired) electrons. The molecule has 2 aromatic carbocycles. The highest BCUT2D eigenvalue weighted by Gasteiger charge is 2.20. The highest BCUT2D eigenvalue weighted by atomic mass is 79.9. The number of hydrogen-bond donors (Lipinski definition) is 1. The molecule has 1 aromatic heterocycles. The molecule has 0 atom stereocenters. The Labute approximate surface area is 129 Å². The van der Waals surface area contributed by atoms with Crippen molar-refractivity contribution >= 4 is 21.7 Å². The van der Waals surface area contributed by atoms with Gasteiger partial charge in [0, 0.05) is 10.0 Å². The predicted octanol–water partition coefficient (Wildman–Crippen LogP) is 4.80. The quantitative estimate of drug-likeness (QED) is 0.724. The molecule has 0 unspecified atom stereocenters. The van der Waals surface area contributed by atoms with Crippen LogP contribution in [0.5, 0.6) is 0 Å². The van der Waals surface area contributed by atoms with E-state index >= 15 is 0 Å². The Bertz CT molecular complexity index is 814. The van der Waals surface area contributed by atoms with Crippen molar-refractivity contribution in [1.29, 1.82) is 0 Å². The number of aryl methyl sites for hydroxylation is 1. The van der Waals surface area contributed by atoms with Crippen LogP contribution in [0.25, 0.3) is 22.5 Å². The molecule has 21 heavy (non-hydrogen) atoms. The summed E-state index contributed by atoms with van der Waals surface area (Å²) in [6.07, 6.45) is 0. The predicted molar refractivity (Wildman–Crippen MR) is 84.2 cm³/mol. The van der Waals surface area contributed by atoms with Gasteiger partial charge in [-0.25, -0.2) is 4.39 Å². The lowest BCUT2D eigenvalue weighted by Gasteiger charge is -2.07. The molecule has 0 fully saturated rings. The third-order valence-electron chi connectivity index (χ3n) is 3.27. The first-order valence-electron chi connectivity index (χ1n) is 6.34. The van der Waals surface area contributed by atoms with Crippen molar-refractivity contribution in [2.75, 3.05) is 5.73 Å². The van der Waals surface area contributed by atoms with Gasteiger partial charge in [-0.15, -0.1) is 0 Å². The molecule has 5 heteroatoms. The molecule has 0 amide bonds. The normalized spacial score (nSPS) is 10.8. The van der Waals surface area contributed by atoms with Crippen molar-refractivity contribution in [2.24, 2.45) is 0 Å². The molecular formula is C16H12BrFN2O. The van der Waals surface area contributed by atoms with Crippen molar-refractivity contribution < 1.29 is 8.91 Å². The Morgan fingerprint density at radius 1 is 1.19 bits per heavy atom. The molecule has 0 aliphatic carbocycles. The lowest BCUT2D eigenvalue weighted by molar-refractivity contribution is 0.436. The van der Waals surface area contributed by atoms with E-state index in [0.717, 1.165) is 15.6 Å². The van der Waals surface area contributed by atoms with Gasteiger partial charge in [-0.3, -0.25) is 0 Å². The Morgan fingerprint density at radius 2 is 1.95 bits per heavy atom. The van der Waals surface area contributed by atoms with Crippen molar-refractivity contribution in [1.82, 2.24) is 5.16 Å². The first-order chi connectivity index (χ1) is 10.1. The van der Waals surface area contributed by atoms with Crippen molar-refractivity contribution in [3.63, 3.8) is 0 Å². The molecule has 2 N–H and O–H groups in total. The summed E-state index contributed by atoms with van der Waals surface area (Å²) in [5.41, 5.74) is 9.04. The number of benzene rings is 2. The molecule has 1 heterocycles. The van der Waals surface area contributed by atoms with E-state index in [0.29, 0.717) is 16.9 Å². The number of halogens is 2. The minimum atomic E-state index is -0.331. The SMILES string of the molecule is Cc1cccc(-c2onc(N)c2-c2cccc(F)c2)c1Br. The lowest BCUT2D eigenvalue weighted by atomic mass is 10.0. The highest BCUT2D eigenvalue weighted by Crippen LogP contribution is 2.40. The van der Waals surface area contributed by atoms with E-state index in [1.54, 1.807) is 12.1 Å². The van der Waals surface area contributed by atoms with Gasteiger partial charge in [-0.2, -0.15) is 0 Å². The number of nitrogens with zero attached hydrogens (tertiary/aromatic N) is 1. The maximum Gasteiger partial charge on any atom is 0.178 e. The molecule has 0 aliphatic heterocycles. The van der Waals surface area contributed by atoms with Crippen LogP contribution >= 0.6 is 15.9 Å². The van der Waals surface area contributed by atoms with Crippen LogP contribution in [-0.4, -0.2) is 5.16 Å². The Hall–Kier alpha value is -2.14. The molecule has 0 bridgehead atoms. The van der Waals surface area contributed by atoms with Gasteiger partial charge < -0.3 is 10.3 Å². The molecule has 0 saturated heterocycles. The number of rotatable bonds is 2. The maximum atomic E-state index is 13.5. The average Bonchev–Trinajstić information content (AvgIpc) is 2.83. The van der Waals surface area contributed by atoms with E-state index in [-0.39, 0.29) is 11.6 Å². The van der Waals surface area contributed by atoms with Crippen LogP contribution < -0.4 is 5.73 Å². The molecule has 3 aromatic rings. The smallest absolute Gasteiger partial charge is 0.178 e. The first kappa shape index (κ1) is 13.8. The second-order valence-electron chi connectivity index (χ2n) is 4.72. The van der Waals surface area contributed by atoms with E-state index < -0.39 is 0 Å². The van der Waals surface area contributed by atoms with Gasteiger partial charge >= 0.3 is 0 Å². The minimum absolute atomic E-state index is 0.240. The minimum Gasteiger partial charge on any atom is -0.380 e. The monoisotopic (exact) mass is 346 g/mol. The van der Waals surface area contributed by atoms with Gasteiger partial charge in [0.05, 0.1) is 5.56 Å². The summed E-state index contributed by atoms with van der Waals surface area (Å²) in [7, 11) is 0. The summed E-state index contributed by atoms with van der Waals surface area (Å²) in [4.78, 5) is 0. The van der Waals surface area contributed by atoms with E-state index in [1.165, 1.54) is 12.1 Å². The van der Waals surface area contributed by atoms with E-state index in [9.17, 15) is 4.39 Å². The van der Waals surface area contributed by atoms with Crippen LogP contribution in [0, 0.1) is 12.7 Å².